The first kappa shape index (κ1) is 15.2. The zero-order valence-electron chi connectivity index (χ0n) is 13.0. The molecule has 0 saturated carbocycles. The Morgan fingerprint density at radius 2 is 2.00 bits per heavy atom. The molecule has 1 aromatic carbocycles. The highest BCUT2D eigenvalue weighted by Crippen LogP contribution is 2.26. The van der Waals surface area contributed by atoms with E-state index in [1.807, 2.05) is 48.5 Å². The van der Waals surface area contributed by atoms with Gasteiger partial charge >= 0.3 is 0 Å². The van der Waals surface area contributed by atoms with Gasteiger partial charge < -0.3 is 10.2 Å². The second kappa shape index (κ2) is 6.60. The second-order valence-corrected chi connectivity index (χ2v) is 5.73. The van der Waals surface area contributed by atoms with Gasteiger partial charge in [-0.3, -0.25) is 9.78 Å². The number of carbonyl (C=O) groups is 1. The maximum Gasteiger partial charge on any atom is 0.267 e. The Bertz CT molecular complexity index is 701. The largest absolute Gasteiger partial charge is 0.379 e. The Balaban J connectivity index is 1.54. The number of aromatic nitrogens is 1. The average Bonchev–Trinajstić information content (AvgIpc) is 3.00. The van der Waals surface area contributed by atoms with Crippen LogP contribution in [0.15, 0.2) is 59.9 Å². The first-order chi connectivity index (χ1) is 11.2. The molecular formula is C18H19N3O2. The van der Waals surface area contributed by atoms with Crippen molar-refractivity contribution in [2.24, 2.45) is 5.16 Å². The van der Waals surface area contributed by atoms with E-state index in [0.29, 0.717) is 19.4 Å². The van der Waals surface area contributed by atoms with E-state index in [2.05, 4.69) is 15.5 Å². The number of carbonyl (C=O) groups excluding carboxylic acids is 1. The molecule has 5 nitrogen and oxygen atoms in total. The number of hydrogen-bond donors (Lipinski definition) is 1. The highest BCUT2D eigenvalue weighted by molar-refractivity contribution is 6.05. The first-order valence-corrected chi connectivity index (χ1v) is 7.66. The molecule has 1 aliphatic heterocycles. The van der Waals surface area contributed by atoms with Crippen molar-refractivity contribution in [1.82, 2.24) is 10.3 Å². The Labute approximate surface area is 135 Å². The van der Waals surface area contributed by atoms with Crippen LogP contribution < -0.4 is 5.32 Å². The molecule has 1 unspecified atom stereocenters. The molecule has 0 bridgehead atoms. The molecule has 1 aromatic heterocycles. The van der Waals surface area contributed by atoms with E-state index in [9.17, 15) is 4.79 Å². The summed E-state index contributed by atoms with van der Waals surface area (Å²) in [5.74, 6) is -0.150. The lowest BCUT2D eigenvalue weighted by atomic mass is 9.95. The molecule has 2 heterocycles. The van der Waals surface area contributed by atoms with Gasteiger partial charge in [0, 0.05) is 31.3 Å². The van der Waals surface area contributed by atoms with Crippen molar-refractivity contribution in [3.05, 3.63) is 66.0 Å². The third-order valence-electron chi connectivity index (χ3n) is 3.84. The summed E-state index contributed by atoms with van der Waals surface area (Å²) in [6.07, 6.45) is 2.90. The summed E-state index contributed by atoms with van der Waals surface area (Å²) in [6, 6.07) is 15.5. The van der Waals surface area contributed by atoms with Gasteiger partial charge in [-0.2, -0.15) is 0 Å². The van der Waals surface area contributed by atoms with Gasteiger partial charge in [0.15, 0.2) is 0 Å². The third kappa shape index (κ3) is 3.56. The van der Waals surface area contributed by atoms with Crippen LogP contribution in [-0.2, 0) is 16.1 Å². The van der Waals surface area contributed by atoms with E-state index in [1.165, 1.54) is 0 Å². The number of benzene rings is 1. The predicted octanol–water partition coefficient (Wildman–Crippen LogP) is 2.32. The van der Waals surface area contributed by atoms with Crippen molar-refractivity contribution in [2.45, 2.75) is 25.4 Å². The van der Waals surface area contributed by atoms with Crippen LogP contribution in [0.1, 0.15) is 24.6 Å². The molecule has 118 valence electrons. The van der Waals surface area contributed by atoms with Crippen LogP contribution in [0.25, 0.3) is 0 Å². The summed E-state index contributed by atoms with van der Waals surface area (Å²) in [6.45, 7) is 2.29. The minimum atomic E-state index is -0.949. The lowest BCUT2D eigenvalue weighted by Crippen LogP contribution is -2.45. The number of hydrogen-bond acceptors (Lipinski definition) is 4. The molecule has 1 N–H and O–H groups in total. The van der Waals surface area contributed by atoms with E-state index in [-0.39, 0.29) is 5.91 Å². The van der Waals surface area contributed by atoms with Crippen LogP contribution in [-0.4, -0.2) is 28.7 Å². The van der Waals surface area contributed by atoms with Crippen LogP contribution in [0.2, 0.25) is 0 Å². The zero-order chi connectivity index (χ0) is 16.1. The van der Waals surface area contributed by atoms with Crippen molar-refractivity contribution >= 4 is 11.6 Å². The predicted molar refractivity (Wildman–Crippen MR) is 88.0 cm³/mol. The lowest BCUT2D eigenvalue weighted by Gasteiger charge is -2.20. The Morgan fingerprint density at radius 1 is 1.22 bits per heavy atom. The summed E-state index contributed by atoms with van der Waals surface area (Å²) < 4.78 is 0. The molecule has 1 amide bonds. The SMILES string of the molecule is CC1(C(=O)NCCc2ccccn2)CC(c2ccccc2)=NO1. The van der Waals surface area contributed by atoms with Gasteiger partial charge in [0.05, 0.1) is 5.71 Å². The minimum Gasteiger partial charge on any atom is -0.379 e. The van der Waals surface area contributed by atoms with Crippen LogP contribution in [0.4, 0.5) is 0 Å². The molecule has 23 heavy (non-hydrogen) atoms. The number of rotatable bonds is 5. The molecule has 3 rings (SSSR count). The summed E-state index contributed by atoms with van der Waals surface area (Å²) >= 11 is 0. The van der Waals surface area contributed by atoms with Crippen molar-refractivity contribution in [1.29, 1.82) is 0 Å². The van der Waals surface area contributed by atoms with Gasteiger partial charge in [0.1, 0.15) is 0 Å². The van der Waals surface area contributed by atoms with Gasteiger partial charge in [0.2, 0.25) is 5.60 Å². The van der Waals surface area contributed by atoms with E-state index < -0.39 is 5.60 Å². The topological polar surface area (TPSA) is 63.6 Å². The average molecular weight is 309 g/mol. The maximum absolute atomic E-state index is 12.4. The molecule has 1 atom stereocenters. The molecule has 0 spiro atoms. The summed E-state index contributed by atoms with van der Waals surface area (Å²) in [4.78, 5) is 22.1. The summed E-state index contributed by atoms with van der Waals surface area (Å²) in [5.41, 5.74) is 1.78. The smallest absolute Gasteiger partial charge is 0.267 e. The number of oxime groups is 1. The fourth-order valence-corrected chi connectivity index (χ4v) is 2.48. The first-order valence-electron chi connectivity index (χ1n) is 7.66. The van der Waals surface area contributed by atoms with Crippen molar-refractivity contribution < 1.29 is 9.63 Å². The molecule has 0 aliphatic carbocycles. The summed E-state index contributed by atoms with van der Waals surface area (Å²) in [7, 11) is 0. The molecule has 5 heteroatoms. The maximum atomic E-state index is 12.4. The summed E-state index contributed by atoms with van der Waals surface area (Å²) in [5, 5.41) is 7.00. The quantitative estimate of drug-likeness (QED) is 0.922. The van der Waals surface area contributed by atoms with Gasteiger partial charge in [-0.15, -0.1) is 0 Å². The van der Waals surface area contributed by atoms with Gasteiger partial charge in [-0.1, -0.05) is 41.6 Å². The van der Waals surface area contributed by atoms with E-state index in [1.54, 1.807) is 13.1 Å². The fourth-order valence-electron chi connectivity index (χ4n) is 2.48. The molecule has 0 fully saturated rings. The second-order valence-electron chi connectivity index (χ2n) is 5.73. The van der Waals surface area contributed by atoms with Crippen LogP contribution in [0.5, 0.6) is 0 Å². The van der Waals surface area contributed by atoms with Crippen molar-refractivity contribution in [3.8, 4) is 0 Å². The number of amides is 1. The van der Waals surface area contributed by atoms with Crippen molar-refractivity contribution in [3.63, 3.8) is 0 Å². The molecule has 0 saturated heterocycles. The standard InChI is InChI=1S/C18H19N3O2/c1-18(13-16(21-23-18)14-7-3-2-4-8-14)17(22)20-12-10-15-9-5-6-11-19-15/h2-9,11H,10,12-13H2,1H3,(H,20,22). The third-order valence-corrected chi connectivity index (χ3v) is 3.84. The number of nitrogens with one attached hydrogen (secondary N) is 1. The van der Waals surface area contributed by atoms with E-state index in [4.69, 9.17) is 4.84 Å². The number of nitrogens with zero attached hydrogens (tertiary/aromatic N) is 2. The highest BCUT2D eigenvalue weighted by atomic mass is 16.7. The lowest BCUT2D eigenvalue weighted by molar-refractivity contribution is -0.141. The van der Waals surface area contributed by atoms with Gasteiger partial charge in [0.25, 0.3) is 5.91 Å². The van der Waals surface area contributed by atoms with Crippen molar-refractivity contribution in [2.75, 3.05) is 6.54 Å². The van der Waals surface area contributed by atoms with Crippen LogP contribution in [0, 0.1) is 0 Å². The van der Waals surface area contributed by atoms with E-state index in [0.717, 1.165) is 17.0 Å². The zero-order valence-corrected chi connectivity index (χ0v) is 13.0. The molecule has 1 aliphatic rings. The monoisotopic (exact) mass is 309 g/mol. The van der Waals surface area contributed by atoms with Crippen LogP contribution >= 0.6 is 0 Å². The van der Waals surface area contributed by atoms with Gasteiger partial charge in [-0.05, 0) is 24.6 Å². The highest BCUT2D eigenvalue weighted by Gasteiger charge is 2.41. The molecule has 0 radical (unpaired) electrons. The van der Waals surface area contributed by atoms with E-state index >= 15 is 0 Å². The molecule has 2 aromatic rings. The Hall–Kier alpha value is -2.69. The van der Waals surface area contributed by atoms with Crippen LogP contribution in [0.3, 0.4) is 0 Å². The normalized spacial score (nSPS) is 19.8. The number of pyridine rings is 1. The fraction of sp³-hybridized carbons (Fsp3) is 0.278. The Morgan fingerprint density at radius 3 is 2.74 bits per heavy atom. The Kier molecular flexibility index (Phi) is 4.37. The minimum absolute atomic E-state index is 0.150. The molecular weight excluding hydrogens is 290 g/mol. The van der Waals surface area contributed by atoms with Gasteiger partial charge in [-0.25, -0.2) is 0 Å².